The van der Waals surface area contributed by atoms with Gasteiger partial charge in [-0.25, -0.2) is 0 Å². The molecule has 1 saturated carbocycles. The minimum absolute atomic E-state index is 0.0684. The van der Waals surface area contributed by atoms with Gasteiger partial charge in [-0.05, 0) is 25.7 Å². The van der Waals surface area contributed by atoms with E-state index < -0.39 is 0 Å². The summed E-state index contributed by atoms with van der Waals surface area (Å²) in [6, 6.07) is -0.0684. The summed E-state index contributed by atoms with van der Waals surface area (Å²) in [4.78, 5) is 19.9. The molecule has 1 aliphatic carbocycles. The van der Waals surface area contributed by atoms with Crippen LogP contribution in [0.1, 0.15) is 69.7 Å². The topological polar surface area (TPSA) is 77.0 Å². The predicted octanol–water partition coefficient (Wildman–Crippen LogP) is 3.49. The van der Waals surface area contributed by atoms with Crippen molar-refractivity contribution < 1.29 is 9.32 Å². The highest BCUT2D eigenvalue weighted by molar-refractivity contribution is 5.79. The van der Waals surface area contributed by atoms with Gasteiger partial charge in [-0.2, -0.15) is 10.1 Å². The Bertz CT molecular complexity index is 747. The molecule has 2 fully saturated rings. The van der Waals surface area contributed by atoms with E-state index in [0.717, 1.165) is 50.6 Å². The summed E-state index contributed by atoms with van der Waals surface area (Å²) in [6.07, 6.45) is 13.4. The fourth-order valence-electron chi connectivity index (χ4n) is 4.24. The standard InChI is InChI=1S/C19H27N5O2/c1-23-13-15(12-20-23)18-21-17(22-26-18)16-10-6-3-7-11-24(16)19(25)14-8-4-2-5-9-14/h12-14,16H,2-11H2,1H3/t16-/m1/s1. The molecule has 0 spiro atoms. The number of hydrogen-bond donors (Lipinski definition) is 0. The molecule has 0 radical (unpaired) electrons. The van der Waals surface area contributed by atoms with Crippen molar-refractivity contribution >= 4 is 5.91 Å². The number of carbonyl (C=O) groups excluding carboxylic acids is 1. The number of hydrogen-bond acceptors (Lipinski definition) is 5. The summed E-state index contributed by atoms with van der Waals surface area (Å²) < 4.78 is 7.19. The molecular weight excluding hydrogens is 330 g/mol. The molecule has 1 aliphatic heterocycles. The van der Waals surface area contributed by atoms with Gasteiger partial charge in [0.2, 0.25) is 5.91 Å². The second-order valence-corrected chi connectivity index (χ2v) is 7.59. The van der Waals surface area contributed by atoms with E-state index >= 15 is 0 Å². The lowest BCUT2D eigenvalue weighted by Gasteiger charge is -2.32. The van der Waals surface area contributed by atoms with Crippen molar-refractivity contribution in [3.05, 3.63) is 18.2 Å². The number of nitrogens with zero attached hydrogens (tertiary/aromatic N) is 5. The molecule has 3 heterocycles. The molecule has 1 saturated heterocycles. The number of likely N-dealkylation sites (tertiary alicyclic amines) is 1. The fraction of sp³-hybridized carbons (Fsp3) is 0.684. The summed E-state index contributed by atoms with van der Waals surface area (Å²) >= 11 is 0. The lowest BCUT2D eigenvalue weighted by atomic mass is 9.88. The Balaban J connectivity index is 1.57. The SMILES string of the molecule is Cn1cc(-c2nc([C@H]3CCCCCN3C(=O)C3CCCCC3)no2)cn1. The van der Waals surface area contributed by atoms with Crippen molar-refractivity contribution in [3.63, 3.8) is 0 Å². The first-order valence-electron chi connectivity index (χ1n) is 9.85. The quantitative estimate of drug-likeness (QED) is 0.840. The van der Waals surface area contributed by atoms with Gasteiger partial charge in [0.1, 0.15) is 0 Å². The minimum atomic E-state index is -0.0684. The van der Waals surface area contributed by atoms with Crippen molar-refractivity contribution in [2.45, 2.75) is 63.8 Å². The van der Waals surface area contributed by atoms with E-state index in [-0.39, 0.29) is 12.0 Å². The molecule has 1 atom stereocenters. The van der Waals surface area contributed by atoms with Crippen LogP contribution in [0.2, 0.25) is 0 Å². The zero-order valence-electron chi connectivity index (χ0n) is 15.4. The van der Waals surface area contributed by atoms with Crippen LogP contribution in [0.25, 0.3) is 11.5 Å². The highest BCUT2D eigenvalue weighted by Gasteiger charge is 2.34. The van der Waals surface area contributed by atoms with Gasteiger partial charge in [-0.3, -0.25) is 9.48 Å². The Hall–Kier alpha value is -2.18. The Kier molecular flexibility index (Phi) is 5.04. The maximum atomic E-state index is 13.2. The number of aromatic nitrogens is 4. The lowest BCUT2D eigenvalue weighted by Crippen LogP contribution is -2.40. The normalized spacial score (nSPS) is 22.3. The maximum Gasteiger partial charge on any atom is 0.261 e. The van der Waals surface area contributed by atoms with Crippen molar-refractivity contribution in [1.82, 2.24) is 24.8 Å². The molecule has 0 unspecified atom stereocenters. The molecular formula is C19H27N5O2. The molecule has 140 valence electrons. The summed E-state index contributed by atoms with van der Waals surface area (Å²) in [5.74, 6) is 1.58. The maximum absolute atomic E-state index is 13.2. The van der Waals surface area contributed by atoms with Crippen LogP contribution >= 0.6 is 0 Å². The lowest BCUT2D eigenvalue weighted by molar-refractivity contribution is -0.139. The second-order valence-electron chi connectivity index (χ2n) is 7.59. The van der Waals surface area contributed by atoms with Crippen molar-refractivity contribution in [2.24, 2.45) is 13.0 Å². The summed E-state index contributed by atoms with van der Waals surface area (Å²) in [7, 11) is 1.86. The molecule has 0 aromatic carbocycles. The third-order valence-corrected chi connectivity index (χ3v) is 5.68. The van der Waals surface area contributed by atoms with Crippen LogP contribution in [-0.4, -0.2) is 37.3 Å². The molecule has 1 amide bonds. The summed E-state index contributed by atoms with van der Waals surface area (Å²) in [6.45, 7) is 0.802. The van der Waals surface area contributed by atoms with E-state index in [1.165, 1.54) is 19.3 Å². The van der Waals surface area contributed by atoms with Crippen molar-refractivity contribution in [2.75, 3.05) is 6.54 Å². The average Bonchev–Trinajstić information content (AvgIpc) is 3.25. The summed E-state index contributed by atoms with van der Waals surface area (Å²) in [5.41, 5.74) is 0.810. The molecule has 26 heavy (non-hydrogen) atoms. The highest BCUT2D eigenvalue weighted by atomic mass is 16.5. The van der Waals surface area contributed by atoms with Crippen LogP contribution in [0, 0.1) is 5.92 Å². The van der Waals surface area contributed by atoms with Gasteiger partial charge < -0.3 is 9.42 Å². The Morgan fingerprint density at radius 1 is 1.12 bits per heavy atom. The molecule has 7 nitrogen and oxygen atoms in total. The van der Waals surface area contributed by atoms with Crippen molar-refractivity contribution in [3.8, 4) is 11.5 Å². The smallest absolute Gasteiger partial charge is 0.261 e. The van der Waals surface area contributed by atoms with Gasteiger partial charge in [0, 0.05) is 25.7 Å². The number of rotatable bonds is 3. The van der Waals surface area contributed by atoms with Crippen LogP contribution in [-0.2, 0) is 11.8 Å². The molecule has 7 heteroatoms. The zero-order chi connectivity index (χ0) is 17.9. The Labute approximate surface area is 153 Å². The van der Waals surface area contributed by atoms with Gasteiger partial charge >= 0.3 is 0 Å². The van der Waals surface area contributed by atoms with Crippen LogP contribution in [0.5, 0.6) is 0 Å². The fourth-order valence-corrected chi connectivity index (χ4v) is 4.24. The first-order chi connectivity index (χ1) is 12.7. The third kappa shape index (κ3) is 3.52. The van der Waals surface area contributed by atoms with Crippen LogP contribution < -0.4 is 0 Å². The first kappa shape index (κ1) is 17.2. The molecule has 2 aromatic heterocycles. The van der Waals surface area contributed by atoms with Crippen LogP contribution in [0.4, 0.5) is 0 Å². The Morgan fingerprint density at radius 3 is 2.65 bits per heavy atom. The summed E-state index contributed by atoms with van der Waals surface area (Å²) in [5, 5.41) is 8.39. The molecule has 2 aliphatic rings. The molecule has 0 N–H and O–H groups in total. The van der Waals surface area contributed by atoms with Gasteiger partial charge in [0.15, 0.2) is 5.82 Å². The molecule has 0 bridgehead atoms. The van der Waals surface area contributed by atoms with Crippen LogP contribution in [0.3, 0.4) is 0 Å². The largest absolute Gasteiger partial charge is 0.334 e. The minimum Gasteiger partial charge on any atom is -0.334 e. The average molecular weight is 357 g/mol. The zero-order valence-corrected chi connectivity index (χ0v) is 15.4. The van der Waals surface area contributed by atoms with E-state index in [9.17, 15) is 4.79 Å². The van der Waals surface area contributed by atoms with E-state index in [0.29, 0.717) is 17.6 Å². The predicted molar refractivity (Wildman–Crippen MR) is 96.0 cm³/mol. The third-order valence-electron chi connectivity index (χ3n) is 5.68. The van der Waals surface area contributed by atoms with Gasteiger partial charge in [-0.15, -0.1) is 0 Å². The van der Waals surface area contributed by atoms with E-state index in [1.807, 2.05) is 18.1 Å². The molecule has 2 aromatic rings. The highest BCUT2D eigenvalue weighted by Crippen LogP contribution is 2.34. The Morgan fingerprint density at radius 2 is 1.88 bits per heavy atom. The van der Waals surface area contributed by atoms with Gasteiger partial charge in [0.05, 0.1) is 17.8 Å². The molecule has 4 rings (SSSR count). The van der Waals surface area contributed by atoms with E-state index in [2.05, 4.69) is 15.2 Å². The second kappa shape index (κ2) is 7.60. The number of carbonyl (C=O) groups is 1. The van der Waals surface area contributed by atoms with E-state index in [4.69, 9.17) is 4.52 Å². The monoisotopic (exact) mass is 357 g/mol. The van der Waals surface area contributed by atoms with Crippen molar-refractivity contribution in [1.29, 1.82) is 0 Å². The van der Waals surface area contributed by atoms with Crippen LogP contribution in [0.15, 0.2) is 16.9 Å². The first-order valence-corrected chi connectivity index (χ1v) is 9.85. The van der Waals surface area contributed by atoms with E-state index in [1.54, 1.807) is 10.9 Å². The number of amides is 1. The van der Waals surface area contributed by atoms with Gasteiger partial charge in [-0.1, -0.05) is 37.3 Å². The number of aryl methyl sites for hydroxylation is 1. The van der Waals surface area contributed by atoms with Gasteiger partial charge in [0.25, 0.3) is 5.89 Å².